The van der Waals surface area contributed by atoms with Gasteiger partial charge in [0.05, 0.1) is 7.11 Å². The van der Waals surface area contributed by atoms with E-state index in [0.717, 1.165) is 11.1 Å². The lowest BCUT2D eigenvalue weighted by molar-refractivity contribution is -0.111. The Morgan fingerprint density at radius 2 is 1.69 bits per heavy atom. The van der Waals surface area contributed by atoms with Gasteiger partial charge in [0.25, 0.3) is 0 Å². The van der Waals surface area contributed by atoms with E-state index < -0.39 is 12.5 Å². The van der Waals surface area contributed by atoms with Gasteiger partial charge in [-0.1, -0.05) is 60.7 Å². The topological polar surface area (TPSA) is 47.6 Å². The minimum absolute atomic E-state index is 0.126. The van der Waals surface area contributed by atoms with E-state index in [9.17, 15) is 13.6 Å². The third-order valence-corrected chi connectivity index (χ3v) is 4.12. The fraction of sp³-hybridized carbons (Fsp3) is 0.0870. The SMILES string of the molecule is COc1cccc(/C=C/C(=O)Nc2ccccc2-c2ccccc2)c1OC(F)F. The molecule has 0 bridgehead atoms. The van der Waals surface area contributed by atoms with Gasteiger partial charge in [-0.3, -0.25) is 4.79 Å². The van der Waals surface area contributed by atoms with E-state index in [1.165, 1.54) is 25.3 Å². The zero-order valence-electron chi connectivity index (χ0n) is 15.6. The molecule has 0 fully saturated rings. The van der Waals surface area contributed by atoms with Gasteiger partial charge in [-0.15, -0.1) is 0 Å². The molecule has 0 heterocycles. The van der Waals surface area contributed by atoms with Crippen LogP contribution < -0.4 is 14.8 Å². The second kappa shape index (κ2) is 9.50. The highest BCUT2D eigenvalue weighted by Gasteiger charge is 2.14. The van der Waals surface area contributed by atoms with Crippen LogP contribution in [-0.4, -0.2) is 19.6 Å². The standard InChI is InChI=1S/C23H19F2NO3/c1-28-20-13-7-10-17(22(20)29-23(24)25)14-15-21(27)26-19-12-6-5-11-18(19)16-8-3-2-4-9-16/h2-15,23H,1H3,(H,26,27)/b15-14+. The summed E-state index contributed by atoms with van der Waals surface area (Å²) in [6.07, 6.45) is 2.66. The zero-order chi connectivity index (χ0) is 20.6. The first-order valence-corrected chi connectivity index (χ1v) is 8.84. The van der Waals surface area contributed by atoms with Crippen LogP contribution in [-0.2, 0) is 4.79 Å². The summed E-state index contributed by atoms with van der Waals surface area (Å²) in [6.45, 7) is -3.01. The van der Waals surface area contributed by atoms with Crippen molar-refractivity contribution in [1.29, 1.82) is 0 Å². The number of nitrogens with one attached hydrogen (secondary N) is 1. The average Bonchev–Trinajstić information content (AvgIpc) is 2.73. The summed E-state index contributed by atoms with van der Waals surface area (Å²) >= 11 is 0. The number of carbonyl (C=O) groups is 1. The minimum atomic E-state index is -3.01. The zero-order valence-corrected chi connectivity index (χ0v) is 15.6. The Hall–Kier alpha value is -3.67. The van der Waals surface area contributed by atoms with Gasteiger partial charge in [-0.05, 0) is 23.8 Å². The minimum Gasteiger partial charge on any atom is -0.493 e. The molecule has 0 saturated heterocycles. The average molecular weight is 395 g/mol. The van der Waals surface area contributed by atoms with E-state index in [2.05, 4.69) is 10.1 Å². The number of carbonyl (C=O) groups excluding carboxylic acids is 1. The van der Waals surface area contributed by atoms with Crippen LogP contribution in [0.3, 0.4) is 0 Å². The summed E-state index contributed by atoms with van der Waals surface area (Å²) < 4.78 is 35.1. The molecule has 0 radical (unpaired) electrons. The number of methoxy groups -OCH3 is 1. The second-order valence-corrected chi connectivity index (χ2v) is 5.99. The Morgan fingerprint density at radius 3 is 2.41 bits per heavy atom. The van der Waals surface area contributed by atoms with Crippen LogP contribution in [0.15, 0.2) is 78.9 Å². The largest absolute Gasteiger partial charge is 0.493 e. The number of alkyl halides is 2. The Labute approximate surface area is 167 Å². The molecule has 0 spiro atoms. The van der Waals surface area contributed by atoms with Gasteiger partial charge in [0.1, 0.15) is 0 Å². The van der Waals surface area contributed by atoms with Crippen LogP contribution in [0, 0.1) is 0 Å². The molecule has 0 saturated carbocycles. The van der Waals surface area contributed by atoms with Crippen LogP contribution in [0.1, 0.15) is 5.56 Å². The third-order valence-electron chi connectivity index (χ3n) is 4.12. The molecular formula is C23H19F2NO3. The van der Waals surface area contributed by atoms with E-state index in [1.54, 1.807) is 18.2 Å². The first kappa shape index (κ1) is 20.1. The molecule has 0 aliphatic carbocycles. The molecule has 3 aromatic carbocycles. The van der Waals surface area contributed by atoms with Gasteiger partial charge >= 0.3 is 6.61 Å². The van der Waals surface area contributed by atoms with Crippen LogP contribution in [0.2, 0.25) is 0 Å². The van der Waals surface area contributed by atoms with E-state index in [1.807, 2.05) is 48.5 Å². The smallest absolute Gasteiger partial charge is 0.387 e. The van der Waals surface area contributed by atoms with E-state index in [-0.39, 0.29) is 11.5 Å². The Balaban J connectivity index is 1.82. The highest BCUT2D eigenvalue weighted by atomic mass is 19.3. The molecule has 3 rings (SSSR count). The van der Waals surface area contributed by atoms with Crippen molar-refractivity contribution in [3.63, 3.8) is 0 Å². The van der Waals surface area contributed by atoms with Gasteiger partial charge in [0.2, 0.25) is 5.91 Å². The van der Waals surface area contributed by atoms with Crippen LogP contribution >= 0.6 is 0 Å². The number of amides is 1. The van der Waals surface area contributed by atoms with Gasteiger partial charge in [-0.25, -0.2) is 0 Å². The number of hydrogen-bond acceptors (Lipinski definition) is 3. The molecule has 6 heteroatoms. The van der Waals surface area contributed by atoms with Crippen LogP contribution in [0.25, 0.3) is 17.2 Å². The van der Waals surface area contributed by atoms with Crippen molar-refractivity contribution in [2.45, 2.75) is 6.61 Å². The predicted octanol–water partition coefficient (Wildman–Crippen LogP) is 5.62. The number of ether oxygens (including phenoxy) is 2. The molecular weight excluding hydrogens is 376 g/mol. The summed E-state index contributed by atoms with van der Waals surface area (Å²) in [7, 11) is 1.36. The Bertz CT molecular complexity index is 1000. The highest BCUT2D eigenvalue weighted by Crippen LogP contribution is 2.33. The lowest BCUT2D eigenvalue weighted by Gasteiger charge is -2.12. The van der Waals surface area contributed by atoms with Gasteiger partial charge in [-0.2, -0.15) is 8.78 Å². The van der Waals surface area contributed by atoms with Crippen molar-refractivity contribution >= 4 is 17.7 Å². The quantitative estimate of drug-likeness (QED) is 0.529. The van der Waals surface area contributed by atoms with Gasteiger partial charge in [0.15, 0.2) is 11.5 Å². The maximum atomic E-state index is 12.7. The lowest BCUT2D eigenvalue weighted by atomic mass is 10.0. The van der Waals surface area contributed by atoms with Crippen molar-refractivity contribution in [2.75, 3.05) is 12.4 Å². The fourth-order valence-corrected chi connectivity index (χ4v) is 2.84. The summed E-state index contributed by atoms with van der Waals surface area (Å²) in [5.41, 5.74) is 2.78. The molecule has 0 aliphatic heterocycles. The molecule has 1 N–H and O–H groups in total. The van der Waals surface area contributed by atoms with E-state index in [0.29, 0.717) is 11.3 Å². The van der Waals surface area contributed by atoms with Crippen molar-refractivity contribution in [3.05, 3.63) is 84.4 Å². The molecule has 0 aromatic heterocycles. The fourth-order valence-electron chi connectivity index (χ4n) is 2.84. The number of para-hydroxylation sites is 2. The number of rotatable bonds is 7. The number of halogens is 2. The Morgan fingerprint density at radius 1 is 0.966 bits per heavy atom. The maximum Gasteiger partial charge on any atom is 0.387 e. The number of benzene rings is 3. The van der Waals surface area contributed by atoms with Crippen molar-refractivity contribution in [2.24, 2.45) is 0 Å². The summed E-state index contributed by atoms with van der Waals surface area (Å²) in [5.74, 6) is -0.375. The van der Waals surface area contributed by atoms with Crippen molar-refractivity contribution in [3.8, 4) is 22.6 Å². The molecule has 29 heavy (non-hydrogen) atoms. The van der Waals surface area contributed by atoms with Gasteiger partial charge < -0.3 is 14.8 Å². The third kappa shape index (κ3) is 5.19. The maximum absolute atomic E-state index is 12.7. The molecule has 3 aromatic rings. The van der Waals surface area contributed by atoms with Crippen LogP contribution in [0.4, 0.5) is 14.5 Å². The van der Waals surface area contributed by atoms with Crippen molar-refractivity contribution < 1.29 is 23.0 Å². The van der Waals surface area contributed by atoms with Crippen molar-refractivity contribution in [1.82, 2.24) is 0 Å². The molecule has 1 amide bonds. The molecule has 0 aliphatic rings. The summed E-state index contributed by atoms with van der Waals surface area (Å²) in [4.78, 5) is 12.4. The van der Waals surface area contributed by atoms with E-state index in [4.69, 9.17) is 4.74 Å². The summed E-state index contributed by atoms with van der Waals surface area (Å²) in [5, 5.41) is 2.82. The lowest BCUT2D eigenvalue weighted by Crippen LogP contribution is -2.09. The molecule has 0 atom stereocenters. The first-order valence-electron chi connectivity index (χ1n) is 8.84. The molecule has 148 valence electrons. The second-order valence-electron chi connectivity index (χ2n) is 5.99. The number of hydrogen-bond donors (Lipinski definition) is 1. The number of anilines is 1. The summed E-state index contributed by atoms with van der Waals surface area (Å²) in [6, 6.07) is 21.8. The Kier molecular flexibility index (Phi) is 6.58. The monoisotopic (exact) mass is 395 g/mol. The van der Waals surface area contributed by atoms with Crippen LogP contribution in [0.5, 0.6) is 11.5 Å². The normalized spacial score (nSPS) is 10.9. The predicted molar refractivity (Wildman–Crippen MR) is 109 cm³/mol. The first-order chi connectivity index (χ1) is 14.1. The van der Waals surface area contributed by atoms with E-state index >= 15 is 0 Å². The molecule has 4 nitrogen and oxygen atoms in total. The molecule has 0 unspecified atom stereocenters. The van der Waals surface area contributed by atoms with Gasteiger partial charge in [0, 0.05) is 22.9 Å². The highest BCUT2D eigenvalue weighted by molar-refractivity contribution is 6.04.